The van der Waals surface area contributed by atoms with Gasteiger partial charge in [-0.25, -0.2) is 0 Å². The molecule has 9 heteroatoms. The number of nitrogens with zero attached hydrogens (tertiary/aromatic N) is 1. The van der Waals surface area contributed by atoms with E-state index in [1.54, 1.807) is 6.07 Å². The minimum atomic E-state index is -2.54. The summed E-state index contributed by atoms with van der Waals surface area (Å²) >= 11 is 0. The number of phenols is 1. The molecule has 0 radical (unpaired) electrons. The molecule has 33 heavy (non-hydrogen) atoms. The van der Waals surface area contributed by atoms with Crippen LogP contribution in [0.15, 0.2) is 34.8 Å². The number of benzene rings is 1. The molecule has 3 aliphatic carbocycles. The van der Waals surface area contributed by atoms with Gasteiger partial charge in [0.2, 0.25) is 5.78 Å². The van der Waals surface area contributed by atoms with Gasteiger partial charge in [0.25, 0.3) is 5.91 Å². The third-order valence-electron chi connectivity index (χ3n) is 7.33. The summed E-state index contributed by atoms with van der Waals surface area (Å²) < 4.78 is 0. The van der Waals surface area contributed by atoms with Gasteiger partial charge in [-0.3, -0.25) is 19.3 Å². The number of fused-ring (bicyclic) bond motifs is 3. The van der Waals surface area contributed by atoms with E-state index in [1.165, 1.54) is 6.07 Å². The Kier molecular flexibility index (Phi) is 5.58. The van der Waals surface area contributed by atoms with Gasteiger partial charge in [0.15, 0.2) is 11.4 Å². The fourth-order valence-corrected chi connectivity index (χ4v) is 5.52. The Balaban J connectivity index is 1.85. The van der Waals surface area contributed by atoms with Gasteiger partial charge in [0.1, 0.15) is 22.8 Å². The number of ketones is 2. The number of allylic oxidation sites excluding steroid dienone is 2. The first-order chi connectivity index (χ1) is 15.6. The van der Waals surface area contributed by atoms with E-state index in [-0.39, 0.29) is 29.7 Å². The molecular weight excluding hydrogens is 428 g/mol. The minimum Gasteiger partial charge on any atom is -0.511 e. The topological polar surface area (TPSA) is 161 Å². The Bertz CT molecular complexity index is 1130. The molecule has 1 aromatic carbocycles. The molecule has 0 bridgehead atoms. The quantitative estimate of drug-likeness (QED) is 0.416. The van der Waals surface area contributed by atoms with Crippen molar-refractivity contribution in [3.05, 3.63) is 51.5 Å². The van der Waals surface area contributed by atoms with Gasteiger partial charge in [0, 0.05) is 24.5 Å². The van der Waals surface area contributed by atoms with Crippen molar-refractivity contribution in [1.29, 1.82) is 0 Å². The number of rotatable bonds is 5. The molecule has 0 aromatic heterocycles. The highest BCUT2D eigenvalue weighted by atomic mass is 16.3. The second-order valence-corrected chi connectivity index (χ2v) is 8.97. The van der Waals surface area contributed by atoms with Crippen LogP contribution in [0.1, 0.15) is 48.2 Å². The zero-order valence-corrected chi connectivity index (χ0v) is 18.6. The van der Waals surface area contributed by atoms with E-state index < -0.39 is 52.0 Å². The van der Waals surface area contributed by atoms with Crippen LogP contribution in [-0.2, 0) is 22.6 Å². The molecule has 1 amide bonds. The maximum Gasteiger partial charge on any atom is 0.255 e. The Morgan fingerprint density at radius 2 is 1.82 bits per heavy atom. The van der Waals surface area contributed by atoms with E-state index in [2.05, 4.69) is 4.90 Å². The standard InChI is InChI=1S/C24H28N2O7/c1-3-26(4-2)10-11-5-6-15(27)18-14(11)8-12-7-13-9-16(28)19(23(25)32)22(31)24(13,33)21(30)17(12)20(18)29/h5-6,12-13,27-28,30,33H,3-4,7-10H2,1-2H3,(H2,25,32)/t12-,13+,24+/m1/s1. The predicted molar refractivity (Wildman–Crippen MR) is 117 cm³/mol. The average molecular weight is 456 g/mol. The molecule has 1 aromatic rings. The van der Waals surface area contributed by atoms with Crippen molar-refractivity contribution in [2.75, 3.05) is 13.1 Å². The largest absolute Gasteiger partial charge is 0.511 e. The smallest absolute Gasteiger partial charge is 0.255 e. The van der Waals surface area contributed by atoms with Crippen LogP contribution < -0.4 is 5.73 Å². The summed E-state index contributed by atoms with van der Waals surface area (Å²) in [6.45, 7) is 6.25. The molecule has 0 saturated heterocycles. The third-order valence-corrected chi connectivity index (χ3v) is 7.33. The van der Waals surface area contributed by atoms with E-state index in [4.69, 9.17) is 5.73 Å². The summed E-state index contributed by atoms with van der Waals surface area (Å²) in [5, 5.41) is 43.0. The van der Waals surface area contributed by atoms with E-state index in [0.717, 1.165) is 18.7 Å². The summed E-state index contributed by atoms with van der Waals surface area (Å²) in [5.74, 6) is -6.14. The molecule has 4 rings (SSSR count). The summed E-state index contributed by atoms with van der Waals surface area (Å²) in [6, 6.07) is 3.22. The van der Waals surface area contributed by atoms with Crippen molar-refractivity contribution >= 4 is 17.5 Å². The number of amides is 1. The monoisotopic (exact) mass is 456 g/mol. The number of aliphatic hydroxyl groups is 3. The first-order valence-electron chi connectivity index (χ1n) is 11.1. The fourth-order valence-electron chi connectivity index (χ4n) is 5.52. The second-order valence-electron chi connectivity index (χ2n) is 8.97. The highest BCUT2D eigenvalue weighted by Crippen LogP contribution is 2.51. The normalized spacial score (nSPS) is 26.9. The number of nitrogens with two attached hydrogens (primary N) is 1. The number of phenolic OH excluding ortho intramolecular Hbond substituents is 1. The van der Waals surface area contributed by atoms with E-state index in [0.29, 0.717) is 18.5 Å². The number of carbonyl (C=O) groups excluding carboxylic acids is 3. The van der Waals surface area contributed by atoms with Crippen LogP contribution in [-0.4, -0.2) is 61.5 Å². The Morgan fingerprint density at radius 3 is 2.42 bits per heavy atom. The molecule has 0 heterocycles. The molecule has 6 N–H and O–H groups in total. The number of carbonyl (C=O) groups is 3. The Labute approximate surface area is 190 Å². The Morgan fingerprint density at radius 1 is 1.15 bits per heavy atom. The maximum atomic E-state index is 13.5. The lowest BCUT2D eigenvalue weighted by Crippen LogP contribution is -2.57. The highest BCUT2D eigenvalue weighted by Gasteiger charge is 2.59. The number of aromatic hydroxyl groups is 1. The van der Waals surface area contributed by atoms with Crippen molar-refractivity contribution < 1.29 is 34.8 Å². The minimum absolute atomic E-state index is 0.0521. The van der Waals surface area contributed by atoms with Crippen molar-refractivity contribution in [3.8, 4) is 5.75 Å². The lowest BCUT2D eigenvalue weighted by molar-refractivity contribution is -0.144. The summed E-state index contributed by atoms with van der Waals surface area (Å²) in [6.07, 6.45) is 0.213. The molecule has 3 atom stereocenters. The van der Waals surface area contributed by atoms with Crippen molar-refractivity contribution in [3.63, 3.8) is 0 Å². The van der Waals surface area contributed by atoms with Gasteiger partial charge in [-0.05, 0) is 49.0 Å². The van der Waals surface area contributed by atoms with Crippen LogP contribution in [0, 0.1) is 11.8 Å². The number of aliphatic hydroxyl groups excluding tert-OH is 2. The van der Waals surface area contributed by atoms with Gasteiger partial charge in [0.05, 0.1) is 5.56 Å². The van der Waals surface area contributed by atoms with E-state index >= 15 is 0 Å². The van der Waals surface area contributed by atoms with Crippen LogP contribution in [0.2, 0.25) is 0 Å². The van der Waals surface area contributed by atoms with Gasteiger partial charge in [-0.2, -0.15) is 0 Å². The number of Topliss-reactive ketones (excluding diaryl/α,β-unsaturated/α-hetero) is 2. The molecule has 0 spiro atoms. The van der Waals surface area contributed by atoms with Crippen molar-refractivity contribution in [2.45, 2.75) is 45.3 Å². The van der Waals surface area contributed by atoms with Crippen LogP contribution in [0.4, 0.5) is 0 Å². The van der Waals surface area contributed by atoms with Crippen LogP contribution in [0.5, 0.6) is 5.75 Å². The first kappa shape index (κ1) is 23.0. The first-order valence-corrected chi connectivity index (χ1v) is 11.1. The number of hydrogen-bond donors (Lipinski definition) is 5. The molecule has 3 aliphatic rings. The summed E-state index contributed by atoms with van der Waals surface area (Å²) in [7, 11) is 0. The molecule has 176 valence electrons. The highest BCUT2D eigenvalue weighted by molar-refractivity contribution is 6.24. The Hall–Kier alpha value is -3.17. The average Bonchev–Trinajstić information content (AvgIpc) is 2.75. The molecule has 9 nitrogen and oxygen atoms in total. The zero-order chi connectivity index (χ0) is 24.2. The van der Waals surface area contributed by atoms with Gasteiger partial charge in [-0.15, -0.1) is 0 Å². The van der Waals surface area contributed by atoms with Gasteiger partial charge in [-0.1, -0.05) is 19.9 Å². The third kappa shape index (κ3) is 3.26. The lowest BCUT2D eigenvalue weighted by atomic mass is 9.60. The second kappa shape index (κ2) is 8.00. The van der Waals surface area contributed by atoms with Crippen LogP contribution in [0.3, 0.4) is 0 Å². The van der Waals surface area contributed by atoms with E-state index in [1.807, 2.05) is 13.8 Å². The number of primary amides is 1. The number of hydrogen-bond acceptors (Lipinski definition) is 8. The molecule has 0 unspecified atom stereocenters. The van der Waals surface area contributed by atoms with Crippen LogP contribution >= 0.6 is 0 Å². The van der Waals surface area contributed by atoms with E-state index in [9.17, 15) is 34.8 Å². The van der Waals surface area contributed by atoms with Crippen molar-refractivity contribution in [1.82, 2.24) is 4.90 Å². The molecular formula is C24H28N2O7. The maximum absolute atomic E-state index is 13.5. The van der Waals surface area contributed by atoms with Crippen molar-refractivity contribution in [2.24, 2.45) is 17.6 Å². The predicted octanol–water partition coefficient (Wildman–Crippen LogP) is 1.42. The molecule has 0 fully saturated rings. The van der Waals surface area contributed by atoms with Gasteiger partial charge < -0.3 is 26.2 Å². The molecule has 0 aliphatic heterocycles. The van der Waals surface area contributed by atoms with Gasteiger partial charge >= 0.3 is 0 Å². The summed E-state index contributed by atoms with van der Waals surface area (Å²) in [5.41, 5.74) is 3.37. The summed E-state index contributed by atoms with van der Waals surface area (Å²) in [4.78, 5) is 40.3. The van der Waals surface area contributed by atoms with Crippen LogP contribution in [0.25, 0.3) is 0 Å². The fraction of sp³-hybridized carbons (Fsp3) is 0.458. The zero-order valence-electron chi connectivity index (χ0n) is 18.6. The SMILES string of the molecule is CCN(CC)Cc1ccc(O)c2c1C[C@H]1C[C@H]3CC(O)=C(C(N)=O)C(=O)[C@@]3(O)C(O)=C1C2=O. The lowest BCUT2D eigenvalue weighted by Gasteiger charge is -2.45. The molecule has 0 saturated carbocycles.